The van der Waals surface area contributed by atoms with E-state index in [1.165, 1.54) is 6.07 Å². The molecule has 0 radical (unpaired) electrons. The Labute approximate surface area is 104 Å². The molecule has 0 unspecified atom stereocenters. The zero-order valence-electron chi connectivity index (χ0n) is 10.2. The molecule has 92 valence electrons. The predicted octanol–water partition coefficient (Wildman–Crippen LogP) is 1.64. The highest BCUT2D eigenvalue weighted by atomic mass is 16.2. The second-order valence-electron chi connectivity index (χ2n) is 4.06. The topological polar surface area (TPSA) is 74.8 Å². The maximum absolute atomic E-state index is 11.9. The van der Waals surface area contributed by atoms with Crippen LogP contribution < -0.4 is 10.9 Å². The molecule has 2 heterocycles. The number of H-pyrrole nitrogens is 1. The standard InChI is InChI=1S/C13H13N3O2/c1-8-6-11(3-4-14-8)16-13(18)10-5-9(2)15-12(17)7-10/h3-7H,1-2H3,(H,15,17)(H,14,16,18). The van der Waals surface area contributed by atoms with E-state index in [0.717, 1.165) is 5.69 Å². The van der Waals surface area contributed by atoms with E-state index in [1.54, 1.807) is 31.3 Å². The lowest BCUT2D eigenvalue weighted by Gasteiger charge is -2.05. The number of amides is 1. The van der Waals surface area contributed by atoms with Crippen LogP contribution in [0.15, 0.2) is 35.3 Å². The van der Waals surface area contributed by atoms with Gasteiger partial charge in [-0.1, -0.05) is 0 Å². The highest BCUT2D eigenvalue weighted by Crippen LogP contribution is 2.09. The van der Waals surface area contributed by atoms with Crippen molar-refractivity contribution < 1.29 is 4.79 Å². The van der Waals surface area contributed by atoms with E-state index in [2.05, 4.69) is 15.3 Å². The quantitative estimate of drug-likeness (QED) is 0.842. The highest BCUT2D eigenvalue weighted by Gasteiger charge is 2.07. The van der Waals surface area contributed by atoms with Crippen LogP contribution >= 0.6 is 0 Å². The van der Waals surface area contributed by atoms with Gasteiger partial charge in [0.1, 0.15) is 0 Å². The number of rotatable bonds is 2. The lowest BCUT2D eigenvalue weighted by molar-refractivity contribution is 0.102. The predicted molar refractivity (Wildman–Crippen MR) is 68.7 cm³/mol. The minimum Gasteiger partial charge on any atom is -0.326 e. The summed E-state index contributed by atoms with van der Waals surface area (Å²) in [6.07, 6.45) is 1.62. The molecule has 0 saturated heterocycles. The third kappa shape index (κ3) is 2.82. The Morgan fingerprint density at radius 1 is 1.28 bits per heavy atom. The van der Waals surface area contributed by atoms with Gasteiger partial charge in [0.15, 0.2) is 0 Å². The van der Waals surface area contributed by atoms with E-state index in [1.807, 2.05) is 6.92 Å². The van der Waals surface area contributed by atoms with Gasteiger partial charge >= 0.3 is 0 Å². The summed E-state index contributed by atoms with van der Waals surface area (Å²) in [5, 5.41) is 2.72. The fraction of sp³-hybridized carbons (Fsp3) is 0.154. The monoisotopic (exact) mass is 243 g/mol. The summed E-state index contributed by atoms with van der Waals surface area (Å²) < 4.78 is 0. The maximum atomic E-state index is 11.9. The van der Waals surface area contributed by atoms with E-state index in [0.29, 0.717) is 16.9 Å². The molecule has 0 bridgehead atoms. The van der Waals surface area contributed by atoms with E-state index in [9.17, 15) is 9.59 Å². The van der Waals surface area contributed by atoms with Crippen LogP contribution in [0.25, 0.3) is 0 Å². The van der Waals surface area contributed by atoms with E-state index < -0.39 is 0 Å². The van der Waals surface area contributed by atoms with Crippen molar-refractivity contribution >= 4 is 11.6 Å². The molecule has 18 heavy (non-hydrogen) atoms. The first-order chi connectivity index (χ1) is 8.54. The van der Waals surface area contributed by atoms with Crippen LogP contribution in [-0.2, 0) is 0 Å². The molecule has 0 aliphatic heterocycles. The molecule has 1 amide bonds. The molecule has 5 nitrogen and oxygen atoms in total. The molecule has 0 fully saturated rings. The molecule has 2 aromatic rings. The average Bonchev–Trinajstić information content (AvgIpc) is 2.27. The Balaban J connectivity index is 2.24. The number of nitrogens with one attached hydrogen (secondary N) is 2. The first-order valence-corrected chi connectivity index (χ1v) is 5.49. The van der Waals surface area contributed by atoms with Gasteiger partial charge in [0, 0.05) is 34.9 Å². The Bertz CT molecular complexity index is 647. The van der Waals surface area contributed by atoms with Gasteiger partial charge < -0.3 is 10.3 Å². The number of hydrogen-bond acceptors (Lipinski definition) is 3. The van der Waals surface area contributed by atoms with Crippen LogP contribution in [0.2, 0.25) is 0 Å². The number of hydrogen-bond donors (Lipinski definition) is 2. The first-order valence-electron chi connectivity index (χ1n) is 5.49. The number of nitrogens with zero attached hydrogens (tertiary/aromatic N) is 1. The SMILES string of the molecule is Cc1cc(NC(=O)c2cc(C)[nH]c(=O)c2)ccn1. The first kappa shape index (κ1) is 12.0. The fourth-order valence-electron chi connectivity index (χ4n) is 1.64. The number of aromatic amines is 1. The zero-order chi connectivity index (χ0) is 13.1. The van der Waals surface area contributed by atoms with Crippen molar-refractivity contribution in [2.45, 2.75) is 13.8 Å². The van der Waals surface area contributed by atoms with Gasteiger partial charge in [-0.15, -0.1) is 0 Å². The van der Waals surface area contributed by atoms with Crippen LogP contribution in [0, 0.1) is 13.8 Å². The molecule has 0 atom stereocenters. The Hall–Kier alpha value is -2.43. The summed E-state index contributed by atoms with van der Waals surface area (Å²) >= 11 is 0. The summed E-state index contributed by atoms with van der Waals surface area (Å²) in [4.78, 5) is 29.9. The molecule has 0 aromatic carbocycles. The van der Waals surface area contributed by atoms with Gasteiger partial charge in [-0.05, 0) is 32.0 Å². The Morgan fingerprint density at radius 2 is 2.06 bits per heavy atom. The molecule has 0 saturated carbocycles. The van der Waals surface area contributed by atoms with Crippen LogP contribution in [0.3, 0.4) is 0 Å². The number of aromatic nitrogens is 2. The minimum absolute atomic E-state index is 0.286. The summed E-state index contributed by atoms with van der Waals surface area (Å²) in [6.45, 7) is 3.57. The van der Waals surface area contributed by atoms with E-state index in [4.69, 9.17) is 0 Å². The fourth-order valence-corrected chi connectivity index (χ4v) is 1.64. The summed E-state index contributed by atoms with van der Waals surface area (Å²) in [6, 6.07) is 6.37. The Kier molecular flexibility index (Phi) is 3.23. The number of pyridine rings is 2. The second kappa shape index (κ2) is 4.83. The lowest BCUT2D eigenvalue weighted by Crippen LogP contribution is -2.16. The van der Waals surface area contributed by atoms with Crippen LogP contribution in [0.1, 0.15) is 21.7 Å². The van der Waals surface area contributed by atoms with Crippen molar-refractivity contribution in [1.29, 1.82) is 0 Å². The number of aryl methyl sites for hydroxylation is 2. The van der Waals surface area contributed by atoms with Gasteiger partial charge in [-0.3, -0.25) is 14.6 Å². The van der Waals surface area contributed by atoms with Crippen LogP contribution in [-0.4, -0.2) is 15.9 Å². The van der Waals surface area contributed by atoms with Crippen molar-refractivity contribution in [2.24, 2.45) is 0 Å². The molecular formula is C13H13N3O2. The number of anilines is 1. The van der Waals surface area contributed by atoms with Crippen molar-refractivity contribution in [3.63, 3.8) is 0 Å². The smallest absolute Gasteiger partial charge is 0.255 e. The Morgan fingerprint density at radius 3 is 2.72 bits per heavy atom. The number of carbonyl (C=O) groups is 1. The number of carbonyl (C=O) groups excluding carboxylic acids is 1. The van der Waals surface area contributed by atoms with Gasteiger partial charge in [-0.2, -0.15) is 0 Å². The molecule has 2 rings (SSSR count). The van der Waals surface area contributed by atoms with Gasteiger partial charge in [-0.25, -0.2) is 0 Å². The van der Waals surface area contributed by atoms with Crippen molar-refractivity contribution in [2.75, 3.05) is 5.32 Å². The van der Waals surface area contributed by atoms with Crippen LogP contribution in [0.5, 0.6) is 0 Å². The van der Waals surface area contributed by atoms with Gasteiger partial charge in [0.25, 0.3) is 5.91 Å². The average molecular weight is 243 g/mol. The van der Waals surface area contributed by atoms with E-state index in [-0.39, 0.29) is 11.5 Å². The molecule has 2 N–H and O–H groups in total. The third-order valence-electron chi connectivity index (χ3n) is 2.40. The van der Waals surface area contributed by atoms with Gasteiger partial charge in [0.2, 0.25) is 5.56 Å². The summed E-state index contributed by atoms with van der Waals surface area (Å²) in [5.41, 5.74) is 2.18. The van der Waals surface area contributed by atoms with Crippen molar-refractivity contribution in [3.8, 4) is 0 Å². The maximum Gasteiger partial charge on any atom is 0.255 e. The summed E-state index contributed by atoms with van der Waals surface area (Å²) in [7, 11) is 0. The second-order valence-corrected chi connectivity index (χ2v) is 4.06. The minimum atomic E-state index is -0.310. The molecule has 2 aromatic heterocycles. The zero-order valence-corrected chi connectivity index (χ0v) is 10.2. The highest BCUT2D eigenvalue weighted by molar-refractivity contribution is 6.04. The molecule has 0 spiro atoms. The molecular weight excluding hydrogens is 230 g/mol. The normalized spacial score (nSPS) is 10.1. The van der Waals surface area contributed by atoms with Gasteiger partial charge in [0.05, 0.1) is 0 Å². The van der Waals surface area contributed by atoms with Crippen molar-refractivity contribution in [3.05, 3.63) is 57.8 Å². The summed E-state index contributed by atoms with van der Waals surface area (Å²) in [5.74, 6) is -0.310. The van der Waals surface area contributed by atoms with Crippen LogP contribution in [0.4, 0.5) is 5.69 Å². The molecule has 0 aliphatic rings. The van der Waals surface area contributed by atoms with Crippen molar-refractivity contribution in [1.82, 2.24) is 9.97 Å². The van der Waals surface area contributed by atoms with E-state index >= 15 is 0 Å². The third-order valence-corrected chi connectivity index (χ3v) is 2.40. The molecule has 5 heteroatoms. The lowest BCUT2D eigenvalue weighted by atomic mass is 10.2. The molecule has 0 aliphatic carbocycles. The largest absolute Gasteiger partial charge is 0.326 e.